The zero-order valence-corrected chi connectivity index (χ0v) is 13.6. The van der Waals surface area contributed by atoms with Gasteiger partial charge in [0.25, 0.3) is 5.56 Å². The van der Waals surface area contributed by atoms with Crippen molar-refractivity contribution in [3.63, 3.8) is 0 Å². The summed E-state index contributed by atoms with van der Waals surface area (Å²) in [7, 11) is 0. The number of hydrogen-bond donors (Lipinski definition) is 2. The summed E-state index contributed by atoms with van der Waals surface area (Å²) < 4.78 is 41.3. The monoisotopic (exact) mass is 364 g/mol. The number of fused-ring (bicyclic) bond motifs is 1. The quantitative estimate of drug-likeness (QED) is 0.801. The van der Waals surface area contributed by atoms with Crippen molar-refractivity contribution in [3.8, 4) is 0 Å². The van der Waals surface area contributed by atoms with Gasteiger partial charge in [0.2, 0.25) is 0 Å². The minimum Gasteiger partial charge on any atom is -0.291 e. The third-order valence-corrected chi connectivity index (χ3v) is 4.22. The molecule has 0 saturated heterocycles. The van der Waals surface area contributed by atoms with Gasteiger partial charge in [0.15, 0.2) is 5.69 Å². The van der Waals surface area contributed by atoms with Crippen molar-refractivity contribution in [2.75, 3.05) is 0 Å². The van der Waals surface area contributed by atoms with Gasteiger partial charge in [0.1, 0.15) is 11.0 Å². The van der Waals surface area contributed by atoms with Crippen LogP contribution in [0.25, 0.3) is 11.0 Å². The Labute approximate surface area is 145 Å². The lowest BCUT2D eigenvalue weighted by Crippen LogP contribution is -2.26. The van der Waals surface area contributed by atoms with E-state index in [1.54, 1.807) is 18.2 Å². The highest BCUT2D eigenvalue weighted by atomic mass is 19.4. The molecule has 3 rings (SSSR count). The lowest BCUT2D eigenvalue weighted by Gasteiger charge is -2.18. The van der Waals surface area contributed by atoms with E-state index in [1.165, 1.54) is 12.2 Å². The zero-order valence-electron chi connectivity index (χ0n) is 13.6. The minimum absolute atomic E-state index is 0.259. The summed E-state index contributed by atoms with van der Waals surface area (Å²) in [5.74, 6) is 0. The Hall–Kier alpha value is -3.10. The Kier molecular flexibility index (Phi) is 4.09. The number of allylic oxidation sites excluding steroid dienone is 6. The molecule has 0 aliphatic heterocycles. The highest BCUT2D eigenvalue weighted by molar-refractivity contribution is 5.78. The summed E-state index contributed by atoms with van der Waals surface area (Å²) >= 11 is 0. The van der Waals surface area contributed by atoms with E-state index in [-0.39, 0.29) is 5.65 Å². The molecular formula is C17H15F3N4O2. The second kappa shape index (κ2) is 6.01. The predicted molar refractivity (Wildman–Crippen MR) is 90.8 cm³/mol. The molecule has 0 amide bonds. The standard InChI is InChI=1S/C17H15F3N4O2/c1-3-5-7-10(6-4-2)16(8-9-16)24-13-11(12(23-24)17(18,19)20)14(25)22-15(26)21-13/h3-7H,1-2,8-9H2,(H2,21,22,25,26)/b7-5-,10-6+. The van der Waals surface area contributed by atoms with Crippen molar-refractivity contribution in [2.24, 2.45) is 0 Å². The Bertz CT molecular complexity index is 1060. The van der Waals surface area contributed by atoms with Crippen molar-refractivity contribution in [3.05, 3.63) is 75.6 Å². The van der Waals surface area contributed by atoms with E-state index in [4.69, 9.17) is 0 Å². The second-order valence-corrected chi connectivity index (χ2v) is 5.87. The highest BCUT2D eigenvalue weighted by Crippen LogP contribution is 2.51. The molecule has 6 nitrogen and oxygen atoms in total. The van der Waals surface area contributed by atoms with Gasteiger partial charge in [-0.1, -0.05) is 43.5 Å². The van der Waals surface area contributed by atoms with Gasteiger partial charge in [-0.15, -0.1) is 0 Å². The fourth-order valence-corrected chi connectivity index (χ4v) is 2.97. The first-order valence-corrected chi connectivity index (χ1v) is 7.70. The maximum absolute atomic E-state index is 13.4. The van der Waals surface area contributed by atoms with Gasteiger partial charge < -0.3 is 0 Å². The van der Waals surface area contributed by atoms with Crippen LogP contribution in [-0.2, 0) is 11.7 Å². The maximum atomic E-state index is 13.4. The Morgan fingerprint density at radius 1 is 1.19 bits per heavy atom. The van der Waals surface area contributed by atoms with Crippen molar-refractivity contribution >= 4 is 11.0 Å². The van der Waals surface area contributed by atoms with Crippen molar-refractivity contribution in [1.29, 1.82) is 0 Å². The second-order valence-electron chi connectivity index (χ2n) is 5.87. The fourth-order valence-electron chi connectivity index (χ4n) is 2.97. The van der Waals surface area contributed by atoms with Crippen LogP contribution in [0, 0.1) is 0 Å². The summed E-state index contributed by atoms with van der Waals surface area (Å²) in [6, 6.07) is 0. The average molecular weight is 364 g/mol. The maximum Gasteiger partial charge on any atom is 0.436 e. The average Bonchev–Trinajstić information content (AvgIpc) is 3.24. The smallest absolute Gasteiger partial charge is 0.291 e. The van der Waals surface area contributed by atoms with Gasteiger partial charge in [-0.2, -0.15) is 18.3 Å². The number of alkyl halides is 3. The van der Waals surface area contributed by atoms with Gasteiger partial charge in [0.05, 0.1) is 5.54 Å². The number of rotatable bonds is 5. The first-order chi connectivity index (χ1) is 12.2. The lowest BCUT2D eigenvalue weighted by atomic mass is 10.0. The molecule has 0 atom stereocenters. The number of nitrogens with one attached hydrogen (secondary N) is 2. The van der Waals surface area contributed by atoms with E-state index in [2.05, 4.69) is 23.2 Å². The van der Waals surface area contributed by atoms with Gasteiger partial charge in [0, 0.05) is 0 Å². The molecule has 136 valence electrons. The van der Waals surface area contributed by atoms with E-state index < -0.39 is 34.0 Å². The molecule has 1 fully saturated rings. The molecule has 9 heteroatoms. The molecule has 0 bridgehead atoms. The third kappa shape index (κ3) is 2.75. The Morgan fingerprint density at radius 2 is 1.88 bits per heavy atom. The van der Waals surface area contributed by atoms with E-state index in [0.29, 0.717) is 18.4 Å². The molecule has 0 spiro atoms. The number of nitrogens with zero attached hydrogens (tertiary/aromatic N) is 2. The number of H-pyrrole nitrogens is 2. The Balaban J connectivity index is 2.36. The normalized spacial score (nSPS) is 17.0. The molecule has 1 aliphatic carbocycles. The minimum atomic E-state index is -4.84. The van der Waals surface area contributed by atoms with Crippen LogP contribution in [0.2, 0.25) is 0 Å². The van der Waals surface area contributed by atoms with Crippen LogP contribution in [0.1, 0.15) is 18.5 Å². The lowest BCUT2D eigenvalue weighted by molar-refractivity contribution is -0.140. The van der Waals surface area contributed by atoms with Crippen molar-refractivity contribution in [1.82, 2.24) is 19.7 Å². The molecule has 2 heterocycles. The largest absolute Gasteiger partial charge is 0.436 e. The summed E-state index contributed by atoms with van der Waals surface area (Å²) in [6.07, 6.45) is 4.17. The van der Waals surface area contributed by atoms with Gasteiger partial charge >= 0.3 is 11.9 Å². The molecular weight excluding hydrogens is 349 g/mol. The molecule has 2 aromatic heterocycles. The first kappa shape index (κ1) is 17.7. The van der Waals surface area contributed by atoms with Crippen LogP contribution in [0.15, 0.2) is 58.7 Å². The molecule has 2 N–H and O–H groups in total. The first-order valence-electron chi connectivity index (χ1n) is 7.70. The SMILES string of the molecule is C=C/C=C\C(=C/C=C)C1(n2nc(C(F)(F)F)c3c(=O)[nH]c(=O)[nH]c32)CC1. The van der Waals surface area contributed by atoms with Gasteiger partial charge in [-0.3, -0.25) is 14.8 Å². The Morgan fingerprint density at radius 3 is 2.42 bits per heavy atom. The van der Waals surface area contributed by atoms with Crippen LogP contribution >= 0.6 is 0 Å². The van der Waals surface area contributed by atoms with E-state index in [0.717, 1.165) is 4.68 Å². The summed E-state index contributed by atoms with van der Waals surface area (Å²) in [5, 5.41) is 2.99. The van der Waals surface area contributed by atoms with E-state index in [1.807, 2.05) is 4.98 Å². The molecule has 0 radical (unpaired) electrons. The summed E-state index contributed by atoms with van der Waals surface area (Å²) in [5.41, 5.74) is -3.87. The molecule has 1 saturated carbocycles. The number of aromatic nitrogens is 4. The summed E-state index contributed by atoms with van der Waals surface area (Å²) in [4.78, 5) is 27.8. The molecule has 1 aliphatic rings. The number of aromatic amines is 2. The topological polar surface area (TPSA) is 83.5 Å². The summed E-state index contributed by atoms with van der Waals surface area (Å²) in [6.45, 7) is 7.19. The molecule has 0 unspecified atom stereocenters. The molecule has 26 heavy (non-hydrogen) atoms. The molecule has 0 aromatic carbocycles. The van der Waals surface area contributed by atoms with Crippen LogP contribution in [-0.4, -0.2) is 19.7 Å². The van der Waals surface area contributed by atoms with Crippen LogP contribution in [0.4, 0.5) is 13.2 Å². The highest BCUT2D eigenvalue weighted by Gasteiger charge is 2.51. The molecule has 2 aromatic rings. The number of halogens is 3. The van der Waals surface area contributed by atoms with Gasteiger partial charge in [-0.05, 0) is 18.4 Å². The third-order valence-electron chi connectivity index (χ3n) is 4.22. The van der Waals surface area contributed by atoms with Crippen LogP contribution in [0.5, 0.6) is 0 Å². The van der Waals surface area contributed by atoms with E-state index >= 15 is 0 Å². The van der Waals surface area contributed by atoms with Crippen molar-refractivity contribution in [2.45, 2.75) is 24.6 Å². The zero-order chi connectivity index (χ0) is 19.1. The van der Waals surface area contributed by atoms with Crippen LogP contribution < -0.4 is 11.2 Å². The van der Waals surface area contributed by atoms with E-state index in [9.17, 15) is 22.8 Å². The van der Waals surface area contributed by atoms with Crippen molar-refractivity contribution < 1.29 is 13.2 Å². The predicted octanol–water partition coefficient (Wildman–Crippen LogP) is 2.78. The van der Waals surface area contributed by atoms with Crippen LogP contribution in [0.3, 0.4) is 0 Å². The van der Waals surface area contributed by atoms with Gasteiger partial charge in [-0.25, -0.2) is 9.48 Å². The number of hydrogen-bond acceptors (Lipinski definition) is 3. The fraction of sp³-hybridized carbons (Fsp3) is 0.235.